The van der Waals surface area contributed by atoms with Crippen LogP contribution in [0.5, 0.6) is 0 Å². The second kappa shape index (κ2) is 6.88. The molecule has 1 unspecified atom stereocenters. The molecule has 20 heavy (non-hydrogen) atoms. The molecule has 0 aliphatic heterocycles. The Hall–Kier alpha value is -1.36. The minimum atomic E-state index is -0.267. The largest absolute Gasteiger partial charge is 0.469 e. The number of nitrogens with zero attached hydrogens (tertiary/aromatic N) is 1. The number of aryl methyl sites for hydroxylation is 1. The minimum absolute atomic E-state index is 0.0254. The third-order valence-corrected chi connectivity index (χ3v) is 4.85. The summed E-state index contributed by atoms with van der Waals surface area (Å²) in [6.07, 6.45) is 3.33. The summed E-state index contributed by atoms with van der Waals surface area (Å²) in [6.45, 7) is 3.02. The summed E-state index contributed by atoms with van der Waals surface area (Å²) in [7, 11) is 1.37. The van der Waals surface area contributed by atoms with Gasteiger partial charge in [-0.05, 0) is 43.2 Å². The van der Waals surface area contributed by atoms with Gasteiger partial charge in [-0.25, -0.2) is 0 Å². The Balaban J connectivity index is 2.04. The number of ether oxygens (including phenoxy) is 1. The van der Waals surface area contributed by atoms with E-state index >= 15 is 0 Å². The Morgan fingerprint density at radius 2 is 2.30 bits per heavy atom. The zero-order chi connectivity index (χ0) is 14.5. The van der Waals surface area contributed by atoms with Crippen LogP contribution in [0.25, 0.3) is 0 Å². The topological polar surface area (TPSA) is 46.6 Å². The van der Waals surface area contributed by atoms with Crippen LogP contribution >= 0.6 is 11.3 Å². The zero-order valence-electron chi connectivity index (χ0n) is 12.1. The van der Waals surface area contributed by atoms with Gasteiger partial charge in [0.05, 0.1) is 19.4 Å². The number of carbonyl (C=O) groups is 2. The molecule has 2 rings (SSSR count). The van der Waals surface area contributed by atoms with Crippen molar-refractivity contribution in [3.63, 3.8) is 0 Å². The lowest BCUT2D eigenvalue weighted by Gasteiger charge is -2.28. The van der Waals surface area contributed by atoms with E-state index in [1.165, 1.54) is 17.6 Å². The number of methoxy groups -OCH3 is 1. The lowest BCUT2D eigenvalue weighted by molar-refractivity contribution is -0.142. The lowest BCUT2D eigenvalue weighted by atomic mass is 9.86. The fraction of sp³-hybridized carbons (Fsp3) is 0.600. The van der Waals surface area contributed by atoms with Gasteiger partial charge >= 0.3 is 5.97 Å². The molecular weight excluding hydrogens is 274 g/mol. The van der Waals surface area contributed by atoms with Gasteiger partial charge in [-0.3, -0.25) is 9.59 Å². The number of carbonyl (C=O) groups excluding carboxylic acids is 2. The third kappa shape index (κ3) is 3.20. The smallest absolute Gasteiger partial charge is 0.307 e. The molecule has 0 bridgehead atoms. The molecule has 110 valence electrons. The number of fused-ring (bicyclic) bond motifs is 1. The van der Waals surface area contributed by atoms with E-state index in [1.807, 2.05) is 6.92 Å². The Kier molecular flexibility index (Phi) is 5.17. The molecule has 0 saturated carbocycles. The van der Waals surface area contributed by atoms with Gasteiger partial charge < -0.3 is 9.64 Å². The molecule has 5 heteroatoms. The monoisotopic (exact) mass is 295 g/mol. The summed E-state index contributed by atoms with van der Waals surface area (Å²) < 4.78 is 4.64. The van der Waals surface area contributed by atoms with Crippen LogP contribution < -0.4 is 0 Å². The first kappa shape index (κ1) is 15.0. The number of esters is 1. The van der Waals surface area contributed by atoms with Crippen molar-refractivity contribution in [2.75, 3.05) is 20.2 Å². The van der Waals surface area contributed by atoms with Crippen molar-refractivity contribution in [3.05, 3.63) is 21.9 Å². The van der Waals surface area contributed by atoms with Gasteiger partial charge in [-0.15, -0.1) is 11.3 Å². The zero-order valence-corrected chi connectivity index (χ0v) is 12.9. The SMILES string of the molecule is CCN(CCC(=O)OC)C(=O)C1CCCc2sccc21. The van der Waals surface area contributed by atoms with Crippen LogP contribution in [0.3, 0.4) is 0 Å². The standard InChI is InChI=1S/C15H21NO3S/c1-3-16(9-7-14(17)19-2)15(18)12-5-4-6-13-11(12)8-10-20-13/h8,10,12H,3-7,9H2,1-2H3. The first-order valence-corrected chi connectivity index (χ1v) is 7.97. The molecule has 4 nitrogen and oxygen atoms in total. The number of hydrogen-bond acceptors (Lipinski definition) is 4. The van der Waals surface area contributed by atoms with Crippen molar-refractivity contribution < 1.29 is 14.3 Å². The Labute approximate surface area is 123 Å². The lowest BCUT2D eigenvalue weighted by Crippen LogP contribution is -2.37. The van der Waals surface area contributed by atoms with Crippen LogP contribution in [0.1, 0.15) is 42.5 Å². The van der Waals surface area contributed by atoms with Crippen molar-refractivity contribution in [1.82, 2.24) is 4.90 Å². The van der Waals surface area contributed by atoms with E-state index < -0.39 is 0 Å². The van der Waals surface area contributed by atoms with E-state index in [1.54, 1.807) is 16.2 Å². The molecule has 1 aromatic rings. The molecule has 1 heterocycles. The van der Waals surface area contributed by atoms with Crippen LogP contribution in [-0.2, 0) is 20.7 Å². The molecule has 0 saturated heterocycles. The molecule has 0 radical (unpaired) electrons. The van der Waals surface area contributed by atoms with Gasteiger partial charge in [-0.2, -0.15) is 0 Å². The van der Waals surface area contributed by atoms with E-state index in [4.69, 9.17) is 0 Å². The van der Waals surface area contributed by atoms with Gasteiger partial charge in [0.1, 0.15) is 0 Å². The highest BCUT2D eigenvalue weighted by molar-refractivity contribution is 7.10. The maximum atomic E-state index is 12.7. The number of rotatable bonds is 5. The molecule has 1 aliphatic rings. The summed E-state index contributed by atoms with van der Waals surface area (Å²) in [6, 6.07) is 2.08. The predicted molar refractivity (Wildman–Crippen MR) is 78.9 cm³/mol. The Morgan fingerprint density at radius 3 is 3.00 bits per heavy atom. The van der Waals surface area contributed by atoms with Gasteiger partial charge in [-0.1, -0.05) is 0 Å². The highest BCUT2D eigenvalue weighted by atomic mass is 32.1. The van der Waals surface area contributed by atoms with Crippen LogP contribution in [0.4, 0.5) is 0 Å². The highest BCUT2D eigenvalue weighted by Crippen LogP contribution is 2.36. The molecule has 0 fully saturated rings. The fourth-order valence-electron chi connectivity index (χ4n) is 2.72. The summed E-state index contributed by atoms with van der Waals surface area (Å²) in [5.74, 6) is -0.144. The Morgan fingerprint density at radius 1 is 1.50 bits per heavy atom. The molecule has 0 aromatic carbocycles. The van der Waals surface area contributed by atoms with E-state index in [0.29, 0.717) is 13.1 Å². The third-order valence-electron chi connectivity index (χ3n) is 3.86. The minimum Gasteiger partial charge on any atom is -0.469 e. The molecule has 1 atom stereocenters. The molecule has 1 aromatic heterocycles. The maximum absolute atomic E-state index is 12.7. The summed E-state index contributed by atoms with van der Waals surface area (Å²) in [4.78, 5) is 27.0. The number of hydrogen-bond donors (Lipinski definition) is 0. The van der Waals surface area contributed by atoms with Crippen molar-refractivity contribution in [2.45, 2.75) is 38.5 Å². The summed E-state index contributed by atoms with van der Waals surface area (Å²) in [5, 5.41) is 2.07. The number of amides is 1. The Bertz CT molecular complexity index is 483. The highest BCUT2D eigenvalue weighted by Gasteiger charge is 2.30. The molecule has 1 amide bonds. The van der Waals surface area contributed by atoms with Gasteiger partial charge in [0.15, 0.2) is 0 Å². The van der Waals surface area contributed by atoms with Crippen LogP contribution in [0.15, 0.2) is 11.4 Å². The van der Waals surface area contributed by atoms with Crippen molar-refractivity contribution >= 4 is 23.2 Å². The number of thiophene rings is 1. The predicted octanol–water partition coefficient (Wildman–Crippen LogP) is 2.58. The van der Waals surface area contributed by atoms with Crippen molar-refractivity contribution in [1.29, 1.82) is 0 Å². The average Bonchev–Trinajstić information content (AvgIpc) is 2.95. The van der Waals surface area contributed by atoms with Crippen molar-refractivity contribution in [3.8, 4) is 0 Å². The van der Waals surface area contributed by atoms with E-state index in [0.717, 1.165) is 19.3 Å². The fourth-order valence-corrected chi connectivity index (χ4v) is 3.70. The molecular formula is C15H21NO3S. The van der Waals surface area contributed by atoms with Gasteiger partial charge in [0.2, 0.25) is 5.91 Å². The van der Waals surface area contributed by atoms with Crippen LogP contribution in [-0.4, -0.2) is 37.0 Å². The first-order valence-electron chi connectivity index (χ1n) is 7.09. The van der Waals surface area contributed by atoms with Crippen LogP contribution in [0, 0.1) is 0 Å². The van der Waals surface area contributed by atoms with E-state index in [2.05, 4.69) is 16.2 Å². The molecule has 0 spiro atoms. The quantitative estimate of drug-likeness (QED) is 0.784. The second-order valence-corrected chi connectivity index (χ2v) is 5.99. The summed E-state index contributed by atoms with van der Waals surface area (Å²) >= 11 is 1.74. The van der Waals surface area contributed by atoms with E-state index in [9.17, 15) is 9.59 Å². The molecule has 0 N–H and O–H groups in total. The maximum Gasteiger partial charge on any atom is 0.307 e. The van der Waals surface area contributed by atoms with Crippen molar-refractivity contribution in [2.24, 2.45) is 0 Å². The normalized spacial score (nSPS) is 17.4. The van der Waals surface area contributed by atoms with Gasteiger partial charge in [0.25, 0.3) is 0 Å². The van der Waals surface area contributed by atoms with E-state index in [-0.39, 0.29) is 24.2 Å². The molecule has 1 aliphatic carbocycles. The summed E-state index contributed by atoms with van der Waals surface area (Å²) in [5.41, 5.74) is 1.20. The van der Waals surface area contributed by atoms with Crippen LogP contribution in [0.2, 0.25) is 0 Å². The van der Waals surface area contributed by atoms with Gasteiger partial charge in [0, 0.05) is 18.0 Å². The number of likely N-dealkylation sites (N-methyl/N-ethyl adjacent to an activating group) is 1. The first-order chi connectivity index (χ1) is 9.67. The second-order valence-electron chi connectivity index (χ2n) is 4.99. The average molecular weight is 295 g/mol.